The van der Waals surface area contributed by atoms with Gasteiger partial charge in [-0.25, -0.2) is 4.79 Å². The molecular weight excluding hydrogens is 262 g/mol. The summed E-state index contributed by atoms with van der Waals surface area (Å²) < 4.78 is 8.95. The highest BCUT2D eigenvalue weighted by Crippen LogP contribution is 2.14. The van der Waals surface area contributed by atoms with Gasteiger partial charge in [-0.15, -0.1) is 0 Å². The highest BCUT2D eigenvalue weighted by molar-refractivity contribution is 8.15. The fourth-order valence-corrected chi connectivity index (χ4v) is 1.42. The van der Waals surface area contributed by atoms with Gasteiger partial charge in [0.05, 0.1) is 5.75 Å². The monoisotopic (exact) mass is 277 g/mol. The first-order valence-electron chi connectivity index (χ1n) is 4.92. The van der Waals surface area contributed by atoms with Crippen LogP contribution < -0.4 is 5.32 Å². The average Bonchev–Trinajstić information content (AvgIpc) is 2.30. The van der Waals surface area contributed by atoms with Gasteiger partial charge in [-0.3, -0.25) is 9.59 Å². The largest absolute Gasteiger partial charge is 0.427 e. The third kappa shape index (κ3) is 7.25. The van der Waals surface area contributed by atoms with E-state index >= 15 is 0 Å². The third-order valence-corrected chi connectivity index (χ3v) is 2.52. The van der Waals surface area contributed by atoms with Gasteiger partial charge < -0.3 is 19.9 Å². The number of thioether (sulfide) groups is 1. The van der Waals surface area contributed by atoms with Crippen molar-refractivity contribution in [3.8, 4) is 0 Å². The normalized spacial score (nSPS) is 13.6. The van der Waals surface area contributed by atoms with E-state index in [0.717, 1.165) is 6.79 Å². The number of carbonyl (C=O) groups is 3. The Hall–Kier alpha value is -1.12. The standard InChI is InChI=1S/C10H15NO6S/c1-6(12)10(15)18-4-8(11-7(2)13)9(14)17-5-16-3/h4-6,8,12H,1-3H3,(H,11,13). The molecule has 0 aromatic rings. The molecule has 2 unspecified atom stereocenters. The number of ether oxygens (including phenoxy) is 2. The van der Waals surface area contributed by atoms with Crippen molar-refractivity contribution in [2.24, 2.45) is 0 Å². The number of hydrogen-bond donors (Lipinski definition) is 2. The summed E-state index contributed by atoms with van der Waals surface area (Å²) >= 11 is 0.612. The number of amides is 1. The maximum Gasteiger partial charge on any atom is 0.332 e. The van der Waals surface area contributed by atoms with Crippen LogP contribution >= 0.6 is 11.8 Å². The highest BCUT2D eigenvalue weighted by Gasteiger charge is 2.24. The first-order valence-corrected chi connectivity index (χ1v) is 5.80. The summed E-state index contributed by atoms with van der Waals surface area (Å²) in [6, 6.07) is -1.11. The van der Waals surface area contributed by atoms with E-state index in [2.05, 4.69) is 14.8 Å². The van der Waals surface area contributed by atoms with Crippen molar-refractivity contribution in [3.05, 3.63) is 12.5 Å². The molecule has 0 aliphatic rings. The highest BCUT2D eigenvalue weighted by atomic mass is 32.2. The van der Waals surface area contributed by atoms with Gasteiger partial charge in [-0.05, 0) is 6.92 Å². The number of methoxy groups -OCH3 is 1. The predicted octanol–water partition coefficient (Wildman–Crippen LogP) is -0.398. The van der Waals surface area contributed by atoms with E-state index in [1.54, 1.807) is 0 Å². The molecule has 0 heterocycles. The van der Waals surface area contributed by atoms with Gasteiger partial charge in [0.2, 0.25) is 11.0 Å². The number of esters is 1. The van der Waals surface area contributed by atoms with E-state index in [9.17, 15) is 14.4 Å². The molecule has 0 fully saturated rings. The Morgan fingerprint density at radius 3 is 2.44 bits per heavy atom. The number of nitrogens with one attached hydrogen (secondary N) is 1. The van der Waals surface area contributed by atoms with E-state index in [1.807, 2.05) is 0 Å². The first kappa shape index (κ1) is 16.9. The van der Waals surface area contributed by atoms with E-state index in [0.29, 0.717) is 11.8 Å². The molecule has 2 atom stereocenters. The topological polar surface area (TPSA) is 102 Å². The molecule has 0 saturated carbocycles. The van der Waals surface area contributed by atoms with Crippen LogP contribution in [-0.4, -0.2) is 41.4 Å². The van der Waals surface area contributed by atoms with Crippen molar-refractivity contribution in [1.82, 2.24) is 5.32 Å². The number of rotatable bonds is 7. The van der Waals surface area contributed by atoms with Crippen LogP contribution in [0.1, 0.15) is 13.8 Å². The summed E-state index contributed by atoms with van der Waals surface area (Å²) in [7, 11) is 1.29. The molecule has 2 N–H and O–H groups in total. The van der Waals surface area contributed by atoms with Crippen molar-refractivity contribution in [1.29, 1.82) is 0 Å². The zero-order valence-corrected chi connectivity index (χ0v) is 11.0. The number of hydrogen-bond acceptors (Lipinski definition) is 7. The summed E-state index contributed by atoms with van der Waals surface area (Å²) in [6.07, 6.45) is -1.16. The van der Waals surface area contributed by atoms with Crippen LogP contribution in [0.15, 0.2) is 0 Å². The Morgan fingerprint density at radius 2 is 2.00 bits per heavy atom. The van der Waals surface area contributed by atoms with E-state index in [1.165, 1.54) is 26.7 Å². The summed E-state index contributed by atoms with van der Waals surface area (Å²) in [6.45, 7) is 3.31. The van der Waals surface area contributed by atoms with Crippen LogP contribution in [0.5, 0.6) is 0 Å². The van der Waals surface area contributed by atoms with E-state index < -0.39 is 29.1 Å². The molecular formula is C10H15NO6S. The molecule has 0 aromatic heterocycles. The molecule has 0 aliphatic carbocycles. The van der Waals surface area contributed by atoms with Crippen molar-refractivity contribution >= 4 is 28.8 Å². The lowest BCUT2D eigenvalue weighted by Crippen LogP contribution is -2.40. The molecule has 0 aromatic carbocycles. The predicted molar refractivity (Wildman–Crippen MR) is 63.6 cm³/mol. The Morgan fingerprint density at radius 1 is 1.39 bits per heavy atom. The van der Waals surface area contributed by atoms with Crippen LogP contribution in [0.3, 0.4) is 0 Å². The van der Waals surface area contributed by atoms with Crippen molar-refractivity contribution in [2.75, 3.05) is 7.11 Å². The maximum absolute atomic E-state index is 11.5. The molecule has 2 radical (unpaired) electrons. The molecule has 1 amide bonds. The zero-order chi connectivity index (χ0) is 14.1. The number of aliphatic hydroxyl groups is 1. The lowest BCUT2D eigenvalue weighted by Gasteiger charge is -2.15. The SMILES string of the molecule is CO[CH]OC(=O)C([CH]SC(=O)C(C)O)NC(C)=O. The first-order chi connectivity index (χ1) is 8.38. The minimum atomic E-state index is -1.16. The second kappa shape index (κ2) is 8.90. The minimum absolute atomic E-state index is 0.462. The summed E-state index contributed by atoms with van der Waals surface area (Å²) in [5.41, 5.74) is 0. The van der Waals surface area contributed by atoms with Gasteiger partial charge in [-0.1, -0.05) is 11.8 Å². The van der Waals surface area contributed by atoms with Crippen LogP contribution in [0.2, 0.25) is 0 Å². The molecule has 102 valence electrons. The third-order valence-electron chi connectivity index (χ3n) is 1.53. The number of carbonyl (C=O) groups excluding carboxylic acids is 3. The molecule has 0 spiro atoms. The maximum atomic E-state index is 11.5. The van der Waals surface area contributed by atoms with Gasteiger partial charge in [-0.2, -0.15) is 0 Å². The Bertz CT molecular complexity index is 307. The zero-order valence-electron chi connectivity index (χ0n) is 10.2. The van der Waals surface area contributed by atoms with Crippen molar-refractivity contribution < 1.29 is 29.0 Å². The molecule has 0 aliphatic heterocycles. The van der Waals surface area contributed by atoms with E-state index in [-0.39, 0.29) is 0 Å². The Balaban J connectivity index is 4.35. The second-order valence-electron chi connectivity index (χ2n) is 3.20. The van der Waals surface area contributed by atoms with Crippen LogP contribution in [0, 0.1) is 12.5 Å². The van der Waals surface area contributed by atoms with Crippen LogP contribution in [0.25, 0.3) is 0 Å². The fourth-order valence-electron chi connectivity index (χ4n) is 0.770. The molecule has 7 nitrogen and oxygen atoms in total. The smallest absolute Gasteiger partial charge is 0.332 e. The van der Waals surface area contributed by atoms with Gasteiger partial charge in [0.15, 0.2) is 0 Å². The average molecular weight is 277 g/mol. The van der Waals surface area contributed by atoms with Gasteiger partial charge >= 0.3 is 5.97 Å². The Labute approximate surface area is 109 Å². The van der Waals surface area contributed by atoms with Gasteiger partial charge in [0.1, 0.15) is 12.1 Å². The summed E-state index contributed by atoms with van der Waals surface area (Å²) in [5, 5.41) is 10.7. The van der Waals surface area contributed by atoms with Crippen LogP contribution in [0.4, 0.5) is 0 Å². The molecule has 8 heteroatoms. The Kier molecular flexibility index (Phi) is 8.34. The quantitative estimate of drug-likeness (QED) is 0.610. The lowest BCUT2D eigenvalue weighted by atomic mass is 10.3. The second-order valence-corrected chi connectivity index (χ2v) is 4.11. The number of aliphatic hydroxyl groups excluding tert-OH is 1. The van der Waals surface area contributed by atoms with Gasteiger partial charge in [0.25, 0.3) is 6.79 Å². The lowest BCUT2D eigenvalue weighted by molar-refractivity contribution is -0.148. The van der Waals surface area contributed by atoms with Crippen LogP contribution in [-0.2, 0) is 23.9 Å². The van der Waals surface area contributed by atoms with Crippen molar-refractivity contribution in [3.63, 3.8) is 0 Å². The van der Waals surface area contributed by atoms with Gasteiger partial charge in [0, 0.05) is 14.0 Å². The van der Waals surface area contributed by atoms with Crippen molar-refractivity contribution in [2.45, 2.75) is 26.0 Å². The molecule has 18 heavy (non-hydrogen) atoms. The molecule has 0 bridgehead atoms. The molecule has 0 rings (SSSR count). The fraction of sp³-hybridized carbons (Fsp3) is 0.500. The summed E-state index contributed by atoms with van der Waals surface area (Å²) in [4.78, 5) is 33.5. The summed E-state index contributed by atoms with van der Waals surface area (Å²) in [5.74, 6) is -0.101. The minimum Gasteiger partial charge on any atom is -0.427 e. The van der Waals surface area contributed by atoms with E-state index in [4.69, 9.17) is 5.11 Å². The molecule has 0 saturated heterocycles.